The van der Waals surface area contributed by atoms with Crippen molar-refractivity contribution in [3.05, 3.63) is 0 Å². The van der Waals surface area contributed by atoms with Crippen LogP contribution in [0.3, 0.4) is 0 Å². The lowest BCUT2D eigenvalue weighted by molar-refractivity contribution is -0.148. The Morgan fingerprint density at radius 3 is 2.36 bits per heavy atom. The molecular weight excluding hydrogens is 144 g/mol. The first kappa shape index (κ1) is 10.4. The third-order valence-electron chi connectivity index (χ3n) is 1.78. The molecule has 0 fully saturated rings. The zero-order valence-corrected chi connectivity index (χ0v) is 7.55. The van der Waals surface area contributed by atoms with Crippen LogP contribution in [0.15, 0.2) is 0 Å². The average molecular weight is 160 g/mol. The monoisotopic (exact) mass is 160 g/mol. The minimum atomic E-state index is -0.776. The molecule has 0 heterocycles. The van der Waals surface area contributed by atoms with Crippen LogP contribution >= 0.6 is 0 Å². The van der Waals surface area contributed by atoms with Crippen LogP contribution < -0.4 is 0 Å². The van der Waals surface area contributed by atoms with Gasteiger partial charge in [-0.25, -0.2) is 0 Å². The van der Waals surface area contributed by atoms with Gasteiger partial charge in [0.15, 0.2) is 0 Å². The number of hydrogen-bond donors (Lipinski definition) is 1. The third-order valence-corrected chi connectivity index (χ3v) is 1.78. The SMILES string of the molecule is COC(C)CC(C)(C)C(=O)O. The highest BCUT2D eigenvalue weighted by molar-refractivity contribution is 5.73. The maximum atomic E-state index is 10.6. The molecule has 1 atom stereocenters. The summed E-state index contributed by atoms with van der Waals surface area (Å²) >= 11 is 0. The Morgan fingerprint density at radius 2 is 2.09 bits per heavy atom. The Bertz CT molecular complexity index is 140. The van der Waals surface area contributed by atoms with Crippen LogP contribution in [0.2, 0.25) is 0 Å². The Labute approximate surface area is 67.4 Å². The largest absolute Gasteiger partial charge is 0.481 e. The summed E-state index contributed by atoms with van der Waals surface area (Å²) in [6.07, 6.45) is 0.542. The summed E-state index contributed by atoms with van der Waals surface area (Å²) in [5.41, 5.74) is -0.685. The van der Waals surface area contributed by atoms with E-state index in [1.165, 1.54) is 0 Å². The number of carbonyl (C=O) groups is 1. The highest BCUT2D eigenvalue weighted by atomic mass is 16.5. The van der Waals surface area contributed by atoms with E-state index in [1.54, 1.807) is 21.0 Å². The second-order valence-corrected chi connectivity index (χ2v) is 3.44. The molecule has 0 saturated heterocycles. The lowest BCUT2D eigenvalue weighted by Gasteiger charge is -2.22. The van der Waals surface area contributed by atoms with Gasteiger partial charge in [-0.2, -0.15) is 0 Å². The molecule has 11 heavy (non-hydrogen) atoms. The van der Waals surface area contributed by atoms with Crippen molar-refractivity contribution in [1.82, 2.24) is 0 Å². The van der Waals surface area contributed by atoms with Crippen molar-refractivity contribution in [1.29, 1.82) is 0 Å². The Kier molecular flexibility index (Phi) is 3.52. The van der Waals surface area contributed by atoms with E-state index in [1.807, 2.05) is 6.92 Å². The number of methoxy groups -OCH3 is 1. The van der Waals surface area contributed by atoms with E-state index in [9.17, 15) is 4.79 Å². The summed E-state index contributed by atoms with van der Waals surface area (Å²) in [5.74, 6) is -0.776. The van der Waals surface area contributed by atoms with Gasteiger partial charge in [-0.3, -0.25) is 4.79 Å². The highest BCUT2D eigenvalue weighted by Crippen LogP contribution is 2.23. The third kappa shape index (κ3) is 3.37. The zero-order valence-electron chi connectivity index (χ0n) is 7.55. The van der Waals surface area contributed by atoms with Crippen LogP contribution in [-0.2, 0) is 9.53 Å². The standard InChI is InChI=1S/C8H16O3/c1-6(11-4)5-8(2,3)7(9)10/h6H,5H2,1-4H3,(H,9,10). The highest BCUT2D eigenvalue weighted by Gasteiger charge is 2.28. The number of aliphatic carboxylic acids is 1. The topological polar surface area (TPSA) is 46.5 Å². The second-order valence-electron chi connectivity index (χ2n) is 3.44. The van der Waals surface area contributed by atoms with E-state index >= 15 is 0 Å². The zero-order chi connectivity index (χ0) is 9.07. The fourth-order valence-corrected chi connectivity index (χ4v) is 0.889. The summed E-state index contributed by atoms with van der Waals surface area (Å²) < 4.78 is 4.97. The molecule has 0 aliphatic heterocycles. The molecule has 0 saturated carbocycles. The maximum Gasteiger partial charge on any atom is 0.309 e. The molecule has 1 N–H and O–H groups in total. The number of carboxylic acids is 1. The average Bonchev–Trinajstić information content (AvgIpc) is 1.86. The van der Waals surface area contributed by atoms with Gasteiger partial charge in [-0.1, -0.05) is 0 Å². The first-order valence-corrected chi connectivity index (χ1v) is 3.66. The molecule has 0 radical (unpaired) electrons. The number of carboxylic acid groups (broad SMARTS) is 1. The van der Waals surface area contributed by atoms with Crippen LogP contribution in [-0.4, -0.2) is 24.3 Å². The van der Waals surface area contributed by atoms with Gasteiger partial charge in [0.05, 0.1) is 11.5 Å². The minimum absolute atomic E-state index is 0.00102. The van der Waals surface area contributed by atoms with Gasteiger partial charge in [-0.15, -0.1) is 0 Å². The molecule has 0 rings (SSSR count). The van der Waals surface area contributed by atoms with Crippen molar-refractivity contribution < 1.29 is 14.6 Å². The van der Waals surface area contributed by atoms with Gasteiger partial charge < -0.3 is 9.84 Å². The summed E-state index contributed by atoms with van der Waals surface area (Å²) in [4.78, 5) is 10.6. The molecule has 0 aromatic carbocycles. The van der Waals surface area contributed by atoms with Crippen molar-refractivity contribution in [2.75, 3.05) is 7.11 Å². The summed E-state index contributed by atoms with van der Waals surface area (Å²) in [7, 11) is 1.59. The van der Waals surface area contributed by atoms with Gasteiger partial charge >= 0.3 is 5.97 Å². The number of ether oxygens (including phenoxy) is 1. The fraction of sp³-hybridized carbons (Fsp3) is 0.875. The van der Waals surface area contributed by atoms with Crippen LogP contribution in [0.25, 0.3) is 0 Å². The van der Waals surface area contributed by atoms with E-state index in [0.717, 1.165) is 0 Å². The second kappa shape index (κ2) is 3.72. The molecule has 1 unspecified atom stereocenters. The van der Waals surface area contributed by atoms with E-state index in [4.69, 9.17) is 9.84 Å². The van der Waals surface area contributed by atoms with Crippen LogP contribution in [0, 0.1) is 5.41 Å². The predicted molar refractivity (Wildman–Crippen MR) is 42.5 cm³/mol. The van der Waals surface area contributed by atoms with Crippen molar-refractivity contribution >= 4 is 5.97 Å². The van der Waals surface area contributed by atoms with Crippen LogP contribution in [0.5, 0.6) is 0 Å². The lowest BCUT2D eigenvalue weighted by atomic mass is 9.87. The Balaban J connectivity index is 4.01. The summed E-state index contributed by atoms with van der Waals surface area (Å²) in [6.45, 7) is 5.26. The summed E-state index contributed by atoms with van der Waals surface area (Å²) in [5, 5.41) is 8.73. The van der Waals surface area contributed by atoms with Crippen molar-refractivity contribution in [3.63, 3.8) is 0 Å². The molecule has 0 bridgehead atoms. The molecule has 0 aromatic rings. The fourth-order valence-electron chi connectivity index (χ4n) is 0.889. The van der Waals surface area contributed by atoms with E-state index in [0.29, 0.717) is 6.42 Å². The molecule has 0 aliphatic carbocycles. The lowest BCUT2D eigenvalue weighted by Crippen LogP contribution is -2.28. The molecule has 0 amide bonds. The van der Waals surface area contributed by atoms with E-state index < -0.39 is 11.4 Å². The number of hydrogen-bond acceptors (Lipinski definition) is 2. The Hall–Kier alpha value is -0.570. The molecule has 0 aliphatic rings. The van der Waals surface area contributed by atoms with Crippen molar-refractivity contribution in [3.8, 4) is 0 Å². The molecule has 3 nitrogen and oxygen atoms in total. The normalized spacial score (nSPS) is 14.5. The Morgan fingerprint density at radius 1 is 1.64 bits per heavy atom. The summed E-state index contributed by atoms with van der Waals surface area (Å²) in [6, 6.07) is 0. The first-order chi connectivity index (χ1) is 4.90. The van der Waals surface area contributed by atoms with Crippen molar-refractivity contribution in [2.45, 2.75) is 33.3 Å². The van der Waals surface area contributed by atoms with Gasteiger partial charge in [0, 0.05) is 7.11 Å². The first-order valence-electron chi connectivity index (χ1n) is 3.66. The van der Waals surface area contributed by atoms with E-state index in [-0.39, 0.29) is 6.10 Å². The van der Waals surface area contributed by atoms with Crippen molar-refractivity contribution in [2.24, 2.45) is 5.41 Å². The van der Waals surface area contributed by atoms with Gasteiger partial charge in [0.2, 0.25) is 0 Å². The molecule has 66 valence electrons. The number of rotatable bonds is 4. The molecular formula is C8H16O3. The van der Waals surface area contributed by atoms with Gasteiger partial charge in [0.25, 0.3) is 0 Å². The molecule has 0 aromatic heterocycles. The van der Waals surface area contributed by atoms with Crippen LogP contribution in [0.1, 0.15) is 27.2 Å². The smallest absolute Gasteiger partial charge is 0.309 e. The minimum Gasteiger partial charge on any atom is -0.481 e. The molecule has 3 heteroatoms. The predicted octanol–water partition coefficient (Wildman–Crippen LogP) is 1.52. The molecule has 0 spiro atoms. The van der Waals surface area contributed by atoms with Crippen LogP contribution in [0.4, 0.5) is 0 Å². The maximum absolute atomic E-state index is 10.6. The van der Waals surface area contributed by atoms with Gasteiger partial charge in [0.1, 0.15) is 0 Å². The van der Waals surface area contributed by atoms with Gasteiger partial charge in [-0.05, 0) is 27.2 Å². The quantitative estimate of drug-likeness (QED) is 0.678. The van der Waals surface area contributed by atoms with E-state index in [2.05, 4.69) is 0 Å².